The van der Waals surface area contributed by atoms with E-state index in [9.17, 15) is 14.7 Å². The molecule has 29 heavy (non-hydrogen) atoms. The van der Waals surface area contributed by atoms with Crippen molar-refractivity contribution >= 4 is 11.9 Å². The highest BCUT2D eigenvalue weighted by atomic mass is 16.6. The third-order valence-electron chi connectivity index (χ3n) is 4.20. The average molecular weight is 399 g/mol. The van der Waals surface area contributed by atoms with E-state index in [0.29, 0.717) is 12.0 Å². The van der Waals surface area contributed by atoms with Gasteiger partial charge in [-0.3, -0.25) is 4.79 Å². The number of nitrogens with one attached hydrogen (secondary N) is 2. The summed E-state index contributed by atoms with van der Waals surface area (Å²) in [6.07, 6.45) is -1.04. The van der Waals surface area contributed by atoms with Crippen LogP contribution in [-0.4, -0.2) is 47.8 Å². The number of carbonyl (C=O) groups excluding carboxylic acids is 2. The molecule has 156 valence electrons. The van der Waals surface area contributed by atoms with Gasteiger partial charge in [0, 0.05) is 12.1 Å². The molecule has 0 bridgehead atoms. The van der Waals surface area contributed by atoms with Crippen molar-refractivity contribution < 1.29 is 19.4 Å². The fourth-order valence-corrected chi connectivity index (χ4v) is 2.81. The molecule has 0 saturated heterocycles. The van der Waals surface area contributed by atoms with Crippen molar-refractivity contribution in [2.75, 3.05) is 13.1 Å². The van der Waals surface area contributed by atoms with Crippen molar-refractivity contribution in [2.45, 2.75) is 44.9 Å². The van der Waals surface area contributed by atoms with Gasteiger partial charge < -0.3 is 20.5 Å². The number of benzene rings is 2. The SMILES string of the molecule is CC(C)(C)OC(=O)N[C@H](Cc1ccccc1)[C@@H](O)CNCC(=O)c1ccccc1. The van der Waals surface area contributed by atoms with Crippen LogP contribution < -0.4 is 10.6 Å². The Balaban J connectivity index is 1.95. The molecule has 6 nitrogen and oxygen atoms in total. The summed E-state index contributed by atoms with van der Waals surface area (Å²) in [4.78, 5) is 24.4. The maximum absolute atomic E-state index is 12.2. The molecule has 3 N–H and O–H groups in total. The van der Waals surface area contributed by atoms with Gasteiger partial charge >= 0.3 is 6.09 Å². The highest BCUT2D eigenvalue weighted by molar-refractivity contribution is 5.97. The summed E-state index contributed by atoms with van der Waals surface area (Å²) < 4.78 is 5.32. The van der Waals surface area contributed by atoms with Crippen LogP contribution in [0.5, 0.6) is 0 Å². The van der Waals surface area contributed by atoms with E-state index in [1.807, 2.05) is 48.5 Å². The molecule has 0 aliphatic carbocycles. The van der Waals surface area contributed by atoms with Crippen LogP contribution in [0.1, 0.15) is 36.7 Å². The van der Waals surface area contributed by atoms with Crippen LogP contribution in [0.15, 0.2) is 60.7 Å². The molecule has 0 spiro atoms. The minimum atomic E-state index is -0.897. The van der Waals surface area contributed by atoms with Gasteiger partial charge in [-0.25, -0.2) is 4.79 Å². The molecular formula is C23H30N2O4. The summed E-state index contributed by atoms with van der Waals surface area (Å²) in [5.74, 6) is -0.0579. The minimum Gasteiger partial charge on any atom is -0.444 e. The Morgan fingerprint density at radius 2 is 1.59 bits per heavy atom. The quantitative estimate of drug-likeness (QED) is 0.565. The lowest BCUT2D eigenvalue weighted by molar-refractivity contribution is 0.0421. The Morgan fingerprint density at radius 1 is 1.00 bits per heavy atom. The maximum atomic E-state index is 12.2. The summed E-state index contributed by atoms with van der Waals surface area (Å²) >= 11 is 0. The first-order valence-electron chi connectivity index (χ1n) is 9.75. The van der Waals surface area contributed by atoms with Crippen LogP contribution in [0, 0.1) is 0 Å². The number of carbonyl (C=O) groups is 2. The lowest BCUT2D eigenvalue weighted by Crippen LogP contribution is -2.50. The number of hydrogen-bond donors (Lipinski definition) is 3. The van der Waals surface area contributed by atoms with Gasteiger partial charge in [0.1, 0.15) is 5.60 Å². The standard InChI is InChI=1S/C23H30N2O4/c1-23(2,3)29-22(28)25-19(14-17-10-6-4-7-11-17)21(27)16-24-15-20(26)18-12-8-5-9-13-18/h4-13,19,21,24,27H,14-16H2,1-3H3,(H,25,28)/t19-,21+/m1/s1. The summed E-state index contributed by atoms with van der Waals surface area (Å²) in [7, 11) is 0. The molecule has 0 fully saturated rings. The second-order valence-corrected chi connectivity index (χ2v) is 7.93. The largest absolute Gasteiger partial charge is 0.444 e. The molecule has 0 saturated carbocycles. The fourth-order valence-electron chi connectivity index (χ4n) is 2.81. The Hall–Kier alpha value is -2.70. The van der Waals surface area contributed by atoms with Crippen molar-refractivity contribution in [3.05, 3.63) is 71.8 Å². The molecule has 0 aliphatic heterocycles. The van der Waals surface area contributed by atoms with Crippen LogP contribution in [0.2, 0.25) is 0 Å². The van der Waals surface area contributed by atoms with Crippen LogP contribution in [0.3, 0.4) is 0 Å². The molecule has 2 atom stereocenters. The highest BCUT2D eigenvalue weighted by Crippen LogP contribution is 2.10. The molecule has 2 aromatic carbocycles. The number of ether oxygens (including phenoxy) is 1. The number of hydrogen-bond acceptors (Lipinski definition) is 5. The first-order valence-corrected chi connectivity index (χ1v) is 9.75. The van der Waals surface area contributed by atoms with E-state index in [0.717, 1.165) is 5.56 Å². The Kier molecular flexibility index (Phi) is 8.36. The topological polar surface area (TPSA) is 87.7 Å². The van der Waals surface area contributed by atoms with Crippen LogP contribution in [0.25, 0.3) is 0 Å². The molecule has 1 amide bonds. The zero-order valence-electron chi connectivity index (χ0n) is 17.2. The van der Waals surface area contributed by atoms with Gasteiger partial charge in [0.2, 0.25) is 0 Å². The number of rotatable bonds is 9. The predicted molar refractivity (Wildman–Crippen MR) is 113 cm³/mol. The second kappa shape index (κ2) is 10.7. The zero-order chi connectivity index (χ0) is 21.3. The summed E-state index contributed by atoms with van der Waals surface area (Å²) in [6.45, 7) is 5.61. The summed E-state index contributed by atoms with van der Waals surface area (Å²) in [6, 6.07) is 18.0. The molecule has 2 aromatic rings. The summed E-state index contributed by atoms with van der Waals surface area (Å²) in [5.41, 5.74) is 0.960. The second-order valence-electron chi connectivity index (χ2n) is 7.93. The first-order chi connectivity index (χ1) is 13.7. The number of aliphatic hydroxyl groups is 1. The first kappa shape index (κ1) is 22.6. The van der Waals surface area contributed by atoms with E-state index in [1.54, 1.807) is 32.9 Å². The molecule has 0 radical (unpaired) electrons. The Bertz CT molecular complexity index is 772. The van der Waals surface area contributed by atoms with Crippen LogP contribution in [0.4, 0.5) is 4.79 Å². The Morgan fingerprint density at radius 3 is 2.17 bits per heavy atom. The molecule has 6 heteroatoms. The fraction of sp³-hybridized carbons (Fsp3) is 0.391. The zero-order valence-corrected chi connectivity index (χ0v) is 17.2. The van der Waals surface area contributed by atoms with Gasteiger partial charge in [0.25, 0.3) is 0 Å². The summed E-state index contributed by atoms with van der Waals surface area (Å²) in [5, 5.41) is 16.4. The maximum Gasteiger partial charge on any atom is 0.407 e. The van der Waals surface area contributed by atoms with Crippen molar-refractivity contribution in [1.82, 2.24) is 10.6 Å². The van der Waals surface area contributed by atoms with Crippen molar-refractivity contribution in [2.24, 2.45) is 0 Å². The molecule has 0 unspecified atom stereocenters. The monoisotopic (exact) mass is 398 g/mol. The minimum absolute atomic E-state index is 0.0579. The number of aliphatic hydroxyl groups excluding tert-OH is 1. The van der Waals surface area contributed by atoms with Gasteiger partial charge in [0.15, 0.2) is 5.78 Å². The van der Waals surface area contributed by atoms with E-state index in [2.05, 4.69) is 10.6 Å². The number of Topliss-reactive ketones (excluding diaryl/α,β-unsaturated/α-hetero) is 1. The van der Waals surface area contributed by atoms with Gasteiger partial charge in [-0.15, -0.1) is 0 Å². The molecule has 2 rings (SSSR count). The number of alkyl carbamates (subject to hydrolysis) is 1. The van der Waals surface area contributed by atoms with Crippen molar-refractivity contribution in [1.29, 1.82) is 0 Å². The third-order valence-corrected chi connectivity index (χ3v) is 4.20. The smallest absolute Gasteiger partial charge is 0.407 e. The van der Waals surface area contributed by atoms with Gasteiger partial charge in [-0.1, -0.05) is 60.7 Å². The molecule has 0 heterocycles. The number of amides is 1. The molecular weight excluding hydrogens is 368 g/mol. The van der Waals surface area contributed by atoms with Crippen molar-refractivity contribution in [3.63, 3.8) is 0 Å². The van der Waals surface area contributed by atoms with Crippen molar-refractivity contribution in [3.8, 4) is 0 Å². The van der Waals surface area contributed by atoms with E-state index in [-0.39, 0.29) is 18.9 Å². The lowest BCUT2D eigenvalue weighted by atomic mass is 10.0. The number of ketones is 1. The van der Waals surface area contributed by atoms with E-state index in [1.165, 1.54) is 0 Å². The molecule has 0 aliphatic rings. The van der Waals surface area contributed by atoms with E-state index in [4.69, 9.17) is 4.74 Å². The van der Waals surface area contributed by atoms with Gasteiger partial charge in [-0.05, 0) is 32.8 Å². The highest BCUT2D eigenvalue weighted by Gasteiger charge is 2.25. The Labute approximate surface area is 172 Å². The molecule has 0 aromatic heterocycles. The van der Waals surface area contributed by atoms with Gasteiger partial charge in [0.05, 0.1) is 18.7 Å². The van der Waals surface area contributed by atoms with E-state index < -0.39 is 23.8 Å². The van der Waals surface area contributed by atoms with Crippen LogP contribution in [-0.2, 0) is 11.2 Å². The van der Waals surface area contributed by atoms with E-state index >= 15 is 0 Å². The van der Waals surface area contributed by atoms with Gasteiger partial charge in [-0.2, -0.15) is 0 Å². The predicted octanol–water partition coefficient (Wildman–Crippen LogP) is 2.96. The lowest BCUT2D eigenvalue weighted by Gasteiger charge is -2.27. The van der Waals surface area contributed by atoms with Crippen LogP contribution >= 0.6 is 0 Å². The normalized spacial score (nSPS) is 13.4. The third kappa shape index (κ3) is 8.46. The average Bonchev–Trinajstić information content (AvgIpc) is 2.67.